The highest BCUT2D eigenvalue weighted by molar-refractivity contribution is 5.87. The quantitative estimate of drug-likeness (QED) is 0.811. The molecule has 0 unspecified atom stereocenters. The molecule has 0 aliphatic carbocycles. The van der Waals surface area contributed by atoms with Crippen LogP contribution in [-0.2, 0) is 11.2 Å². The lowest BCUT2D eigenvalue weighted by atomic mass is 10.1. The Hall–Kier alpha value is -1.84. The number of carbonyl (C=O) groups is 2. The van der Waals surface area contributed by atoms with Crippen molar-refractivity contribution in [3.05, 3.63) is 35.4 Å². The number of carbonyl (C=O) groups excluding carboxylic acids is 1. The summed E-state index contributed by atoms with van der Waals surface area (Å²) in [7, 11) is 0. The molecular weight excluding hydrogens is 230 g/mol. The maximum atomic E-state index is 11.5. The van der Waals surface area contributed by atoms with Crippen LogP contribution in [0.4, 0.5) is 0 Å². The highest BCUT2D eigenvalue weighted by Crippen LogP contribution is 2.06. The Morgan fingerprint density at radius 2 is 2.11 bits per heavy atom. The Morgan fingerprint density at radius 3 is 2.72 bits per heavy atom. The number of nitrogens with one attached hydrogen (secondary N) is 1. The van der Waals surface area contributed by atoms with E-state index in [1.807, 2.05) is 19.9 Å². The Bertz CT molecular complexity index is 429. The molecular formula is C14H19NO3. The van der Waals surface area contributed by atoms with Crippen LogP contribution in [0, 0.1) is 5.92 Å². The maximum absolute atomic E-state index is 11.5. The van der Waals surface area contributed by atoms with Gasteiger partial charge in [-0.15, -0.1) is 0 Å². The molecule has 1 amide bonds. The van der Waals surface area contributed by atoms with E-state index in [9.17, 15) is 9.59 Å². The first-order valence-corrected chi connectivity index (χ1v) is 6.14. The first kappa shape index (κ1) is 14.2. The van der Waals surface area contributed by atoms with Crippen LogP contribution < -0.4 is 5.32 Å². The molecule has 0 aliphatic rings. The van der Waals surface area contributed by atoms with Crippen LogP contribution in [0.25, 0.3) is 0 Å². The monoisotopic (exact) mass is 249 g/mol. The van der Waals surface area contributed by atoms with Gasteiger partial charge in [0.25, 0.3) is 0 Å². The van der Waals surface area contributed by atoms with Crippen molar-refractivity contribution in [2.45, 2.75) is 26.7 Å². The number of benzene rings is 1. The van der Waals surface area contributed by atoms with E-state index in [4.69, 9.17) is 5.11 Å². The predicted octanol–water partition coefficient (Wildman–Crippen LogP) is 2.09. The zero-order valence-corrected chi connectivity index (χ0v) is 10.8. The standard InChI is InChI=1S/C14H19NO3/c1-3-10(2)13(16)15-8-7-11-5-4-6-12(9-11)14(17)18/h4-6,9-10H,3,7-8H2,1-2H3,(H,15,16)(H,17,18)/t10-/m0/s1. The molecule has 0 spiro atoms. The van der Waals surface area contributed by atoms with Gasteiger partial charge < -0.3 is 10.4 Å². The normalized spacial score (nSPS) is 11.9. The topological polar surface area (TPSA) is 66.4 Å². The van der Waals surface area contributed by atoms with Crippen LogP contribution in [0.1, 0.15) is 36.2 Å². The number of hydrogen-bond donors (Lipinski definition) is 2. The molecule has 0 fully saturated rings. The van der Waals surface area contributed by atoms with Gasteiger partial charge in [-0.25, -0.2) is 4.79 Å². The third-order valence-corrected chi connectivity index (χ3v) is 2.95. The summed E-state index contributed by atoms with van der Waals surface area (Å²) in [5, 5.41) is 11.7. The van der Waals surface area contributed by atoms with Crippen molar-refractivity contribution in [2.75, 3.05) is 6.54 Å². The minimum Gasteiger partial charge on any atom is -0.478 e. The van der Waals surface area contributed by atoms with Gasteiger partial charge in [0.2, 0.25) is 5.91 Å². The van der Waals surface area contributed by atoms with E-state index in [0.29, 0.717) is 13.0 Å². The van der Waals surface area contributed by atoms with Gasteiger partial charge in [0, 0.05) is 12.5 Å². The van der Waals surface area contributed by atoms with E-state index < -0.39 is 5.97 Å². The predicted molar refractivity (Wildman–Crippen MR) is 69.6 cm³/mol. The molecule has 0 aliphatic heterocycles. The van der Waals surface area contributed by atoms with E-state index in [2.05, 4.69) is 5.32 Å². The lowest BCUT2D eigenvalue weighted by molar-refractivity contribution is -0.124. The molecule has 4 nitrogen and oxygen atoms in total. The fourth-order valence-electron chi connectivity index (χ4n) is 1.55. The highest BCUT2D eigenvalue weighted by atomic mass is 16.4. The Balaban J connectivity index is 2.47. The van der Waals surface area contributed by atoms with Crippen LogP contribution in [0.5, 0.6) is 0 Å². The summed E-state index contributed by atoms with van der Waals surface area (Å²) in [6.07, 6.45) is 1.46. The Morgan fingerprint density at radius 1 is 1.39 bits per heavy atom. The second-order valence-corrected chi connectivity index (χ2v) is 4.36. The van der Waals surface area contributed by atoms with Crippen molar-refractivity contribution >= 4 is 11.9 Å². The molecule has 1 atom stereocenters. The Kier molecular flexibility index (Phi) is 5.36. The smallest absolute Gasteiger partial charge is 0.335 e. The summed E-state index contributed by atoms with van der Waals surface area (Å²) in [5.74, 6) is -0.859. The van der Waals surface area contributed by atoms with Gasteiger partial charge in [-0.2, -0.15) is 0 Å². The first-order valence-electron chi connectivity index (χ1n) is 6.14. The largest absolute Gasteiger partial charge is 0.478 e. The third-order valence-electron chi connectivity index (χ3n) is 2.95. The van der Waals surface area contributed by atoms with Crippen molar-refractivity contribution < 1.29 is 14.7 Å². The van der Waals surface area contributed by atoms with Crippen LogP contribution in [-0.4, -0.2) is 23.5 Å². The van der Waals surface area contributed by atoms with E-state index in [-0.39, 0.29) is 17.4 Å². The van der Waals surface area contributed by atoms with Crippen molar-refractivity contribution in [2.24, 2.45) is 5.92 Å². The van der Waals surface area contributed by atoms with Gasteiger partial charge in [0.1, 0.15) is 0 Å². The lowest BCUT2D eigenvalue weighted by Gasteiger charge is -2.10. The first-order chi connectivity index (χ1) is 8.54. The molecule has 0 saturated heterocycles. The summed E-state index contributed by atoms with van der Waals surface area (Å²) in [6, 6.07) is 6.78. The van der Waals surface area contributed by atoms with Crippen molar-refractivity contribution in [1.29, 1.82) is 0 Å². The van der Waals surface area contributed by atoms with E-state index in [1.54, 1.807) is 18.2 Å². The molecule has 1 aromatic carbocycles. The Labute approximate surface area is 107 Å². The molecule has 0 heterocycles. The molecule has 0 bridgehead atoms. The number of carboxylic acid groups (broad SMARTS) is 1. The van der Waals surface area contributed by atoms with Crippen molar-refractivity contribution in [3.63, 3.8) is 0 Å². The second kappa shape index (κ2) is 6.79. The average molecular weight is 249 g/mol. The number of amides is 1. The van der Waals surface area contributed by atoms with Gasteiger partial charge in [0.05, 0.1) is 5.56 Å². The highest BCUT2D eigenvalue weighted by Gasteiger charge is 2.09. The molecule has 18 heavy (non-hydrogen) atoms. The molecule has 4 heteroatoms. The molecule has 0 saturated carbocycles. The zero-order chi connectivity index (χ0) is 13.5. The molecule has 0 radical (unpaired) electrons. The third kappa shape index (κ3) is 4.20. The minimum atomic E-state index is -0.930. The second-order valence-electron chi connectivity index (χ2n) is 4.36. The number of aromatic carboxylic acids is 1. The average Bonchev–Trinajstić information content (AvgIpc) is 2.38. The summed E-state index contributed by atoms with van der Waals surface area (Å²) in [5.41, 5.74) is 1.19. The van der Waals surface area contributed by atoms with Crippen LogP contribution >= 0.6 is 0 Å². The van der Waals surface area contributed by atoms with Gasteiger partial charge in [-0.05, 0) is 30.5 Å². The van der Waals surface area contributed by atoms with Crippen LogP contribution in [0.2, 0.25) is 0 Å². The van der Waals surface area contributed by atoms with E-state index in [0.717, 1.165) is 12.0 Å². The number of rotatable bonds is 6. The number of carboxylic acids is 1. The zero-order valence-electron chi connectivity index (χ0n) is 10.8. The van der Waals surface area contributed by atoms with E-state index >= 15 is 0 Å². The minimum absolute atomic E-state index is 0.0235. The van der Waals surface area contributed by atoms with Gasteiger partial charge in [-0.1, -0.05) is 26.0 Å². The van der Waals surface area contributed by atoms with Gasteiger partial charge >= 0.3 is 5.97 Å². The summed E-state index contributed by atoms with van der Waals surface area (Å²) < 4.78 is 0. The molecule has 1 rings (SSSR count). The molecule has 1 aromatic rings. The van der Waals surface area contributed by atoms with Crippen molar-refractivity contribution in [1.82, 2.24) is 5.32 Å². The molecule has 98 valence electrons. The van der Waals surface area contributed by atoms with Gasteiger partial charge in [-0.3, -0.25) is 4.79 Å². The lowest BCUT2D eigenvalue weighted by Crippen LogP contribution is -2.30. The van der Waals surface area contributed by atoms with Crippen molar-refractivity contribution in [3.8, 4) is 0 Å². The fraction of sp³-hybridized carbons (Fsp3) is 0.429. The van der Waals surface area contributed by atoms with Crippen LogP contribution in [0.15, 0.2) is 24.3 Å². The number of hydrogen-bond acceptors (Lipinski definition) is 2. The maximum Gasteiger partial charge on any atom is 0.335 e. The van der Waals surface area contributed by atoms with Gasteiger partial charge in [0.15, 0.2) is 0 Å². The molecule has 0 aromatic heterocycles. The summed E-state index contributed by atoms with van der Waals surface area (Å²) in [4.78, 5) is 22.3. The molecule has 2 N–H and O–H groups in total. The van der Waals surface area contributed by atoms with E-state index in [1.165, 1.54) is 0 Å². The summed E-state index contributed by atoms with van der Waals surface area (Å²) in [6.45, 7) is 4.40. The van der Waals surface area contributed by atoms with Crippen LogP contribution in [0.3, 0.4) is 0 Å². The SMILES string of the molecule is CC[C@H](C)C(=O)NCCc1cccc(C(=O)O)c1. The fourth-order valence-corrected chi connectivity index (χ4v) is 1.55. The summed E-state index contributed by atoms with van der Waals surface area (Å²) >= 11 is 0.